The van der Waals surface area contributed by atoms with Gasteiger partial charge in [-0.05, 0) is 13.0 Å². The zero-order valence-corrected chi connectivity index (χ0v) is 11.3. The van der Waals surface area contributed by atoms with Crippen LogP contribution in [0.1, 0.15) is 16.1 Å². The lowest BCUT2D eigenvalue weighted by Gasteiger charge is -2.19. The predicted molar refractivity (Wildman–Crippen MR) is 65.0 cm³/mol. The fourth-order valence-electron chi connectivity index (χ4n) is 1.38. The summed E-state index contributed by atoms with van der Waals surface area (Å²) in [5.41, 5.74) is 0.856. The van der Waals surface area contributed by atoms with E-state index in [0.29, 0.717) is 18.9 Å². The summed E-state index contributed by atoms with van der Waals surface area (Å²) in [5.74, 6) is 0.294. The highest BCUT2D eigenvalue weighted by Crippen LogP contribution is 2.12. The molecule has 0 aliphatic carbocycles. The van der Waals surface area contributed by atoms with Crippen molar-refractivity contribution in [1.29, 1.82) is 0 Å². The fraction of sp³-hybridized carbons (Fsp3) is 0.545. The van der Waals surface area contributed by atoms with Gasteiger partial charge in [0, 0.05) is 26.3 Å². The molecule has 0 bridgehead atoms. The molecule has 4 nitrogen and oxygen atoms in total. The third-order valence-corrected chi connectivity index (χ3v) is 2.78. The first-order valence-corrected chi connectivity index (χ1v) is 5.90. The minimum absolute atomic E-state index is 0.108. The number of amides is 1. The van der Waals surface area contributed by atoms with Crippen LogP contribution in [0, 0.1) is 6.92 Å². The first kappa shape index (κ1) is 13.3. The second-order valence-electron chi connectivity index (χ2n) is 3.67. The molecule has 0 N–H and O–H groups in total. The second-order valence-corrected chi connectivity index (χ2v) is 4.97. The lowest BCUT2D eigenvalue weighted by molar-refractivity contribution is 0.0752. The lowest BCUT2D eigenvalue weighted by Crippen LogP contribution is -2.33. The van der Waals surface area contributed by atoms with Crippen molar-refractivity contribution in [2.45, 2.75) is 11.8 Å². The van der Waals surface area contributed by atoms with Crippen LogP contribution >= 0.6 is 15.9 Å². The number of methoxy groups -OCH3 is 1. The quantitative estimate of drug-likeness (QED) is 0.780. The van der Waals surface area contributed by atoms with Gasteiger partial charge in [-0.15, -0.1) is 0 Å². The maximum absolute atomic E-state index is 11.9. The second kappa shape index (κ2) is 6.06. The van der Waals surface area contributed by atoms with Gasteiger partial charge in [-0.1, -0.05) is 15.9 Å². The minimum atomic E-state index is -0.108. The summed E-state index contributed by atoms with van der Waals surface area (Å²) in [5, 5.41) is 0. The largest absolute Gasteiger partial charge is 0.459 e. The lowest BCUT2D eigenvalue weighted by atomic mass is 10.2. The molecule has 1 heterocycles. The number of hydrogen-bond acceptors (Lipinski definition) is 3. The molecule has 0 aromatic carbocycles. The maximum atomic E-state index is 11.9. The normalized spacial score (nSPS) is 12.5. The van der Waals surface area contributed by atoms with Gasteiger partial charge in [-0.3, -0.25) is 4.79 Å². The zero-order valence-electron chi connectivity index (χ0n) is 9.70. The van der Waals surface area contributed by atoms with Crippen LogP contribution in [0.25, 0.3) is 0 Å². The molecular formula is C11H16BrNO3. The number of carbonyl (C=O) groups excluding carboxylic acids is 1. The highest BCUT2D eigenvalue weighted by Gasteiger charge is 2.19. The minimum Gasteiger partial charge on any atom is -0.459 e. The highest BCUT2D eigenvalue weighted by atomic mass is 79.9. The summed E-state index contributed by atoms with van der Waals surface area (Å²) in [7, 11) is 3.38. The average Bonchev–Trinajstić information content (AvgIpc) is 2.63. The van der Waals surface area contributed by atoms with Crippen molar-refractivity contribution in [2.75, 3.05) is 27.3 Å². The maximum Gasteiger partial charge on any atom is 0.289 e. The monoisotopic (exact) mass is 289 g/mol. The van der Waals surface area contributed by atoms with Gasteiger partial charge in [0.2, 0.25) is 0 Å². The molecule has 0 aliphatic heterocycles. The molecule has 0 spiro atoms. The van der Waals surface area contributed by atoms with E-state index in [4.69, 9.17) is 9.15 Å². The van der Waals surface area contributed by atoms with Crippen LogP contribution in [-0.4, -0.2) is 42.9 Å². The molecule has 0 aliphatic rings. The standard InChI is InChI=1S/C11H16BrNO3/c1-8-4-5-16-10(8)11(14)13(2)6-9(12)7-15-3/h4-5,9H,6-7H2,1-3H3. The SMILES string of the molecule is COCC(Br)CN(C)C(=O)c1occc1C. The Balaban J connectivity index is 2.58. The van der Waals surface area contributed by atoms with Gasteiger partial charge in [-0.25, -0.2) is 0 Å². The topological polar surface area (TPSA) is 42.7 Å². The summed E-state index contributed by atoms with van der Waals surface area (Å²) in [6.07, 6.45) is 1.52. The number of carbonyl (C=O) groups is 1. The molecule has 1 amide bonds. The number of nitrogens with zero attached hydrogens (tertiary/aromatic N) is 1. The highest BCUT2D eigenvalue weighted by molar-refractivity contribution is 9.09. The Morgan fingerprint density at radius 3 is 2.88 bits per heavy atom. The van der Waals surface area contributed by atoms with Crippen molar-refractivity contribution in [1.82, 2.24) is 4.90 Å². The van der Waals surface area contributed by atoms with Crippen molar-refractivity contribution >= 4 is 21.8 Å². The van der Waals surface area contributed by atoms with Crippen LogP contribution < -0.4 is 0 Å². The zero-order chi connectivity index (χ0) is 12.1. The first-order chi connectivity index (χ1) is 7.56. The van der Waals surface area contributed by atoms with Crippen molar-refractivity contribution in [3.63, 3.8) is 0 Å². The number of aryl methyl sites for hydroxylation is 1. The molecule has 1 rings (SSSR count). The van der Waals surface area contributed by atoms with E-state index in [-0.39, 0.29) is 10.7 Å². The van der Waals surface area contributed by atoms with Crippen molar-refractivity contribution in [3.05, 3.63) is 23.7 Å². The van der Waals surface area contributed by atoms with Gasteiger partial charge in [0.15, 0.2) is 5.76 Å². The summed E-state index contributed by atoms with van der Waals surface area (Å²) >= 11 is 3.44. The Kier molecular flexibility index (Phi) is 5.02. The van der Waals surface area contributed by atoms with E-state index in [0.717, 1.165) is 5.56 Å². The van der Waals surface area contributed by atoms with Gasteiger partial charge in [0.1, 0.15) is 0 Å². The first-order valence-electron chi connectivity index (χ1n) is 4.98. The van der Waals surface area contributed by atoms with Crippen LogP contribution in [0.5, 0.6) is 0 Å². The molecule has 1 aromatic heterocycles. The number of furan rings is 1. The van der Waals surface area contributed by atoms with Crippen LogP contribution in [0.15, 0.2) is 16.7 Å². The fourth-order valence-corrected chi connectivity index (χ4v) is 2.08. The summed E-state index contributed by atoms with van der Waals surface area (Å²) in [6, 6.07) is 1.78. The third kappa shape index (κ3) is 3.35. The van der Waals surface area contributed by atoms with Crippen LogP contribution in [0.3, 0.4) is 0 Å². The summed E-state index contributed by atoms with van der Waals surface area (Å²) in [4.78, 5) is 13.7. The van der Waals surface area contributed by atoms with E-state index in [1.54, 1.807) is 25.1 Å². The van der Waals surface area contributed by atoms with E-state index in [1.807, 2.05) is 6.92 Å². The van der Waals surface area contributed by atoms with Gasteiger partial charge >= 0.3 is 0 Å². The third-order valence-electron chi connectivity index (χ3n) is 2.22. The van der Waals surface area contributed by atoms with E-state index in [1.165, 1.54) is 6.26 Å². The van der Waals surface area contributed by atoms with Gasteiger partial charge in [-0.2, -0.15) is 0 Å². The van der Waals surface area contributed by atoms with E-state index < -0.39 is 0 Å². The summed E-state index contributed by atoms with van der Waals surface area (Å²) < 4.78 is 10.1. The number of rotatable bonds is 5. The van der Waals surface area contributed by atoms with Crippen LogP contribution in [-0.2, 0) is 4.74 Å². The van der Waals surface area contributed by atoms with Crippen molar-refractivity contribution < 1.29 is 13.9 Å². The van der Waals surface area contributed by atoms with Crippen LogP contribution in [0.4, 0.5) is 0 Å². The number of ether oxygens (including phenoxy) is 1. The molecule has 1 unspecified atom stereocenters. The Labute approximate surface area is 104 Å². The molecule has 5 heteroatoms. The molecule has 0 saturated carbocycles. The Morgan fingerprint density at radius 1 is 1.69 bits per heavy atom. The van der Waals surface area contributed by atoms with E-state index >= 15 is 0 Å². The van der Waals surface area contributed by atoms with Crippen LogP contribution in [0.2, 0.25) is 0 Å². The van der Waals surface area contributed by atoms with Gasteiger partial charge in [0.05, 0.1) is 17.7 Å². The van der Waals surface area contributed by atoms with E-state index in [2.05, 4.69) is 15.9 Å². The molecule has 90 valence electrons. The van der Waals surface area contributed by atoms with E-state index in [9.17, 15) is 4.79 Å². The molecule has 1 aromatic rings. The smallest absolute Gasteiger partial charge is 0.289 e. The number of halogens is 1. The molecule has 1 atom stereocenters. The molecular weight excluding hydrogens is 274 g/mol. The molecule has 0 radical (unpaired) electrons. The Morgan fingerprint density at radius 2 is 2.38 bits per heavy atom. The van der Waals surface area contributed by atoms with Gasteiger partial charge in [0.25, 0.3) is 5.91 Å². The molecule has 0 saturated heterocycles. The van der Waals surface area contributed by atoms with Crippen molar-refractivity contribution in [3.8, 4) is 0 Å². The Bertz CT molecular complexity index is 351. The van der Waals surface area contributed by atoms with Gasteiger partial charge < -0.3 is 14.1 Å². The molecule has 0 fully saturated rings. The predicted octanol–water partition coefficient (Wildman–Crippen LogP) is 2.07. The Hall–Kier alpha value is -0.810. The summed E-state index contributed by atoms with van der Waals surface area (Å²) in [6.45, 7) is 2.99. The molecule has 16 heavy (non-hydrogen) atoms. The average molecular weight is 290 g/mol. The number of alkyl halides is 1. The number of hydrogen-bond donors (Lipinski definition) is 0. The van der Waals surface area contributed by atoms with Crippen molar-refractivity contribution in [2.24, 2.45) is 0 Å².